The lowest BCUT2D eigenvalue weighted by Gasteiger charge is -2.21. The molecule has 1 N–H and O–H groups in total. The fraction of sp³-hybridized carbons (Fsp3) is 0.467. The van der Waals surface area contributed by atoms with Crippen LogP contribution in [0.4, 0.5) is 4.39 Å². The van der Waals surface area contributed by atoms with E-state index in [0.717, 1.165) is 12.8 Å². The second-order valence-corrected chi connectivity index (χ2v) is 4.54. The van der Waals surface area contributed by atoms with Crippen molar-refractivity contribution in [1.82, 2.24) is 10.2 Å². The van der Waals surface area contributed by atoms with E-state index < -0.39 is 11.7 Å². The largest absolute Gasteiger partial charge is 0.343 e. The average molecular weight is 280 g/mol. The van der Waals surface area contributed by atoms with Gasteiger partial charge in [-0.15, -0.1) is 0 Å². The zero-order valence-electron chi connectivity index (χ0n) is 12.0. The van der Waals surface area contributed by atoms with E-state index in [9.17, 15) is 14.0 Å². The lowest BCUT2D eigenvalue weighted by Crippen LogP contribution is -2.41. The van der Waals surface area contributed by atoms with Crippen LogP contribution in [0.15, 0.2) is 24.3 Å². The number of benzene rings is 1. The van der Waals surface area contributed by atoms with Gasteiger partial charge in [-0.1, -0.05) is 26.0 Å². The highest BCUT2D eigenvalue weighted by atomic mass is 19.1. The van der Waals surface area contributed by atoms with Crippen molar-refractivity contribution < 1.29 is 14.0 Å². The lowest BCUT2D eigenvalue weighted by atomic mass is 10.2. The highest BCUT2D eigenvalue weighted by molar-refractivity contribution is 5.96. The van der Waals surface area contributed by atoms with Crippen molar-refractivity contribution >= 4 is 11.8 Å². The molecule has 4 nitrogen and oxygen atoms in total. The summed E-state index contributed by atoms with van der Waals surface area (Å²) < 4.78 is 13.4. The molecule has 0 heterocycles. The second kappa shape index (κ2) is 8.30. The Bertz CT molecular complexity index is 457. The molecule has 0 spiro atoms. The molecule has 5 heteroatoms. The molecule has 110 valence electrons. The SMILES string of the molecule is CCCN(CCC)C(=O)CNC(=O)c1ccccc1F. The van der Waals surface area contributed by atoms with Gasteiger partial charge in [0.25, 0.3) is 5.91 Å². The third-order valence-corrected chi connectivity index (χ3v) is 2.86. The number of nitrogens with one attached hydrogen (secondary N) is 1. The molecule has 0 atom stereocenters. The lowest BCUT2D eigenvalue weighted by molar-refractivity contribution is -0.130. The van der Waals surface area contributed by atoms with Gasteiger partial charge in [0.15, 0.2) is 0 Å². The summed E-state index contributed by atoms with van der Waals surface area (Å²) in [6, 6.07) is 5.71. The Kier molecular flexibility index (Phi) is 6.70. The van der Waals surface area contributed by atoms with E-state index in [1.807, 2.05) is 13.8 Å². The van der Waals surface area contributed by atoms with Gasteiger partial charge in [0.2, 0.25) is 5.91 Å². The highest BCUT2D eigenvalue weighted by Gasteiger charge is 2.15. The smallest absolute Gasteiger partial charge is 0.254 e. The Hall–Kier alpha value is -1.91. The Morgan fingerprint density at radius 1 is 1.15 bits per heavy atom. The van der Waals surface area contributed by atoms with Crippen LogP contribution in [0.2, 0.25) is 0 Å². The molecule has 2 amide bonds. The number of halogens is 1. The van der Waals surface area contributed by atoms with Crippen molar-refractivity contribution in [2.75, 3.05) is 19.6 Å². The fourth-order valence-electron chi connectivity index (χ4n) is 1.91. The first-order chi connectivity index (χ1) is 9.60. The Balaban J connectivity index is 2.55. The van der Waals surface area contributed by atoms with Crippen molar-refractivity contribution in [3.8, 4) is 0 Å². The van der Waals surface area contributed by atoms with E-state index in [4.69, 9.17) is 0 Å². The standard InChI is InChI=1S/C15H21FN2O2/c1-3-9-18(10-4-2)14(19)11-17-15(20)12-7-5-6-8-13(12)16/h5-8H,3-4,9-11H2,1-2H3,(H,17,20). The number of nitrogens with zero attached hydrogens (tertiary/aromatic N) is 1. The summed E-state index contributed by atoms with van der Waals surface area (Å²) in [7, 11) is 0. The van der Waals surface area contributed by atoms with Crippen LogP contribution in [-0.4, -0.2) is 36.3 Å². The summed E-state index contributed by atoms with van der Waals surface area (Å²) in [5.74, 6) is -1.29. The molecule has 0 radical (unpaired) electrons. The molecule has 20 heavy (non-hydrogen) atoms. The van der Waals surface area contributed by atoms with Crippen LogP contribution in [0.1, 0.15) is 37.0 Å². The van der Waals surface area contributed by atoms with Crippen LogP contribution in [0.3, 0.4) is 0 Å². The summed E-state index contributed by atoms with van der Waals surface area (Å²) >= 11 is 0. The number of amides is 2. The van der Waals surface area contributed by atoms with Gasteiger partial charge in [-0.3, -0.25) is 9.59 Å². The topological polar surface area (TPSA) is 49.4 Å². The van der Waals surface area contributed by atoms with Crippen molar-refractivity contribution in [1.29, 1.82) is 0 Å². The maximum absolute atomic E-state index is 13.4. The molecular weight excluding hydrogens is 259 g/mol. The number of carbonyl (C=O) groups excluding carboxylic acids is 2. The minimum atomic E-state index is -0.587. The van der Waals surface area contributed by atoms with Crippen molar-refractivity contribution in [2.24, 2.45) is 0 Å². The first-order valence-electron chi connectivity index (χ1n) is 6.90. The molecule has 0 aliphatic carbocycles. The molecule has 0 fully saturated rings. The maximum atomic E-state index is 13.4. The van der Waals surface area contributed by atoms with E-state index in [1.165, 1.54) is 18.2 Å². The van der Waals surface area contributed by atoms with Crippen molar-refractivity contribution in [3.05, 3.63) is 35.6 Å². The average Bonchev–Trinajstić information content (AvgIpc) is 2.44. The summed E-state index contributed by atoms with van der Waals surface area (Å²) in [6.07, 6.45) is 1.74. The zero-order chi connectivity index (χ0) is 15.0. The van der Waals surface area contributed by atoms with Crippen LogP contribution in [0.25, 0.3) is 0 Å². The molecule has 0 aliphatic rings. The molecule has 1 aromatic carbocycles. The van der Waals surface area contributed by atoms with Crippen LogP contribution < -0.4 is 5.32 Å². The van der Waals surface area contributed by atoms with E-state index in [-0.39, 0.29) is 18.0 Å². The zero-order valence-corrected chi connectivity index (χ0v) is 12.0. The highest BCUT2D eigenvalue weighted by Crippen LogP contribution is 2.05. The molecule has 0 unspecified atom stereocenters. The van der Waals surface area contributed by atoms with Crippen LogP contribution in [0.5, 0.6) is 0 Å². The van der Waals surface area contributed by atoms with Gasteiger partial charge < -0.3 is 10.2 Å². The molecule has 0 saturated carbocycles. The third-order valence-electron chi connectivity index (χ3n) is 2.86. The van der Waals surface area contributed by atoms with E-state index in [1.54, 1.807) is 11.0 Å². The van der Waals surface area contributed by atoms with Crippen molar-refractivity contribution in [2.45, 2.75) is 26.7 Å². The van der Waals surface area contributed by atoms with E-state index in [2.05, 4.69) is 5.32 Å². The van der Waals surface area contributed by atoms with Gasteiger partial charge in [-0.2, -0.15) is 0 Å². The van der Waals surface area contributed by atoms with Crippen molar-refractivity contribution in [3.63, 3.8) is 0 Å². The van der Waals surface area contributed by atoms with Gasteiger partial charge in [-0.25, -0.2) is 4.39 Å². The van der Waals surface area contributed by atoms with Gasteiger partial charge in [0.1, 0.15) is 5.82 Å². The predicted octanol–water partition coefficient (Wildman–Crippen LogP) is 2.20. The van der Waals surface area contributed by atoms with Crippen LogP contribution in [0, 0.1) is 5.82 Å². The van der Waals surface area contributed by atoms with Gasteiger partial charge in [0, 0.05) is 13.1 Å². The normalized spacial score (nSPS) is 10.2. The van der Waals surface area contributed by atoms with E-state index >= 15 is 0 Å². The van der Waals surface area contributed by atoms with Gasteiger partial charge in [-0.05, 0) is 25.0 Å². The molecule has 0 saturated heterocycles. The first-order valence-corrected chi connectivity index (χ1v) is 6.90. The first kappa shape index (κ1) is 16.1. The predicted molar refractivity (Wildman–Crippen MR) is 75.9 cm³/mol. The molecule has 1 aromatic rings. The Morgan fingerprint density at radius 2 is 1.75 bits per heavy atom. The monoisotopic (exact) mass is 280 g/mol. The van der Waals surface area contributed by atoms with Crippen LogP contribution in [-0.2, 0) is 4.79 Å². The van der Waals surface area contributed by atoms with Crippen LogP contribution >= 0.6 is 0 Å². The second-order valence-electron chi connectivity index (χ2n) is 4.54. The Labute approximate surface area is 119 Å². The number of carbonyl (C=O) groups is 2. The summed E-state index contributed by atoms with van der Waals surface area (Å²) in [6.45, 7) is 5.22. The third kappa shape index (κ3) is 4.64. The minimum Gasteiger partial charge on any atom is -0.343 e. The quantitative estimate of drug-likeness (QED) is 0.832. The molecule has 0 bridgehead atoms. The maximum Gasteiger partial charge on any atom is 0.254 e. The number of hydrogen-bond donors (Lipinski definition) is 1. The number of rotatable bonds is 7. The fourth-order valence-corrected chi connectivity index (χ4v) is 1.91. The minimum absolute atomic E-state index is 0.0437. The summed E-state index contributed by atoms with van der Waals surface area (Å²) in [5, 5.41) is 2.47. The van der Waals surface area contributed by atoms with Gasteiger partial charge in [0.05, 0.1) is 12.1 Å². The summed E-state index contributed by atoms with van der Waals surface area (Å²) in [4.78, 5) is 25.5. The molecule has 0 aliphatic heterocycles. The molecular formula is C15H21FN2O2. The Morgan fingerprint density at radius 3 is 2.30 bits per heavy atom. The van der Waals surface area contributed by atoms with Gasteiger partial charge >= 0.3 is 0 Å². The molecule has 1 rings (SSSR count). The van der Waals surface area contributed by atoms with E-state index in [0.29, 0.717) is 13.1 Å². The molecule has 0 aromatic heterocycles. The summed E-state index contributed by atoms with van der Waals surface area (Å²) in [5.41, 5.74) is -0.0437. The number of hydrogen-bond acceptors (Lipinski definition) is 2.